The number of nitrogens with two attached hydrogens (primary N) is 1. The molecule has 0 saturated heterocycles. The van der Waals surface area contributed by atoms with Crippen LogP contribution in [0.5, 0.6) is 5.75 Å². The van der Waals surface area contributed by atoms with Crippen molar-refractivity contribution < 1.29 is 9.53 Å². The van der Waals surface area contributed by atoms with Gasteiger partial charge >= 0.3 is 0 Å². The molecule has 0 heterocycles. The van der Waals surface area contributed by atoms with E-state index in [-0.39, 0.29) is 35.8 Å². The Balaban J connectivity index is 0.00000441. The molecule has 22 heavy (non-hydrogen) atoms. The third-order valence-corrected chi connectivity index (χ3v) is 2.96. The summed E-state index contributed by atoms with van der Waals surface area (Å²) in [6, 6.07) is 7.34. The first-order valence-electron chi connectivity index (χ1n) is 6.88. The number of rotatable bonds is 6. The number of ether oxygens (including phenoxy) is 1. The maximum absolute atomic E-state index is 11.9. The molecule has 1 amide bonds. The van der Waals surface area contributed by atoms with Crippen LogP contribution in [0, 0.1) is 5.41 Å². The van der Waals surface area contributed by atoms with Crippen LogP contribution < -0.4 is 21.1 Å². The number of carbonyl (C=O) groups is 1. The molecule has 4 N–H and O–H groups in total. The third kappa shape index (κ3) is 6.50. The van der Waals surface area contributed by atoms with Gasteiger partial charge in [-0.3, -0.25) is 9.79 Å². The highest BCUT2D eigenvalue weighted by Crippen LogP contribution is 2.16. The van der Waals surface area contributed by atoms with Gasteiger partial charge in [0.15, 0.2) is 5.96 Å². The lowest BCUT2D eigenvalue weighted by molar-refractivity contribution is -0.128. The van der Waals surface area contributed by atoms with Crippen molar-refractivity contribution in [3.05, 3.63) is 24.3 Å². The molecule has 1 aromatic rings. The number of nitrogens with one attached hydrogen (secondary N) is 2. The van der Waals surface area contributed by atoms with Crippen molar-refractivity contribution >= 4 is 41.5 Å². The second kappa shape index (κ2) is 9.50. The van der Waals surface area contributed by atoms with E-state index in [1.54, 1.807) is 7.11 Å². The number of methoxy groups -OCH3 is 1. The Bertz CT molecular complexity index is 501. The molecule has 0 radical (unpaired) electrons. The summed E-state index contributed by atoms with van der Waals surface area (Å²) in [5, 5.41) is 5.77. The highest BCUT2D eigenvalue weighted by molar-refractivity contribution is 14.0. The SMILES string of the molecule is CCNC(=O)C(C)(C)CN=C(N)Nc1ccc(OC)cc1.I. The monoisotopic (exact) mass is 420 g/mol. The smallest absolute Gasteiger partial charge is 0.227 e. The molecule has 0 fully saturated rings. The molecule has 1 rings (SSSR count). The summed E-state index contributed by atoms with van der Waals surface area (Å²) in [5.74, 6) is 1.01. The summed E-state index contributed by atoms with van der Waals surface area (Å²) in [7, 11) is 1.61. The Morgan fingerprint density at radius 3 is 2.41 bits per heavy atom. The van der Waals surface area contributed by atoms with Crippen molar-refractivity contribution in [2.24, 2.45) is 16.1 Å². The van der Waals surface area contributed by atoms with E-state index in [9.17, 15) is 4.79 Å². The van der Waals surface area contributed by atoms with E-state index >= 15 is 0 Å². The molecule has 7 heteroatoms. The van der Waals surface area contributed by atoms with Crippen molar-refractivity contribution in [2.75, 3.05) is 25.5 Å². The number of nitrogens with zero attached hydrogens (tertiary/aromatic N) is 1. The lowest BCUT2D eigenvalue weighted by Gasteiger charge is -2.21. The number of hydrogen-bond donors (Lipinski definition) is 3. The fraction of sp³-hybridized carbons (Fsp3) is 0.467. The number of guanidine groups is 1. The van der Waals surface area contributed by atoms with Gasteiger partial charge in [0.1, 0.15) is 5.75 Å². The van der Waals surface area contributed by atoms with Gasteiger partial charge in [0.05, 0.1) is 19.1 Å². The maximum atomic E-state index is 11.9. The minimum Gasteiger partial charge on any atom is -0.497 e. The van der Waals surface area contributed by atoms with Crippen LogP contribution in [-0.4, -0.2) is 32.1 Å². The molecule has 0 spiro atoms. The molecule has 0 bridgehead atoms. The van der Waals surface area contributed by atoms with Crippen LogP contribution >= 0.6 is 24.0 Å². The minimum absolute atomic E-state index is 0. The molecule has 6 nitrogen and oxygen atoms in total. The van der Waals surface area contributed by atoms with Gasteiger partial charge in [0.2, 0.25) is 5.91 Å². The number of carbonyl (C=O) groups excluding carboxylic acids is 1. The van der Waals surface area contributed by atoms with Crippen molar-refractivity contribution in [3.8, 4) is 5.75 Å². The van der Waals surface area contributed by atoms with Gasteiger partial charge in [0, 0.05) is 12.2 Å². The summed E-state index contributed by atoms with van der Waals surface area (Å²) in [6.45, 7) is 6.47. The lowest BCUT2D eigenvalue weighted by atomic mass is 9.92. The molecule has 0 unspecified atom stereocenters. The average molecular weight is 420 g/mol. The number of hydrogen-bond acceptors (Lipinski definition) is 3. The van der Waals surface area contributed by atoms with Crippen LogP contribution in [0.25, 0.3) is 0 Å². The quantitative estimate of drug-likeness (QED) is 0.374. The molecule has 0 atom stereocenters. The summed E-state index contributed by atoms with van der Waals surface area (Å²) in [4.78, 5) is 16.1. The molecule has 0 aromatic heterocycles. The summed E-state index contributed by atoms with van der Waals surface area (Å²) < 4.78 is 5.08. The molecular weight excluding hydrogens is 395 g/mol. The predicted octanol–water partition coefficient (Wildman–Crippen LogP) is 2.20. The Kier molecular flexibility index (Phi) is 8.84. The van der Waals surface area contributed by atoms with Gasteiger partial charge < -0.3 is 21.1 Å². The second-order valence-corrected chi connectivity index (χ2v) is 5.30. The van der Waals surface area contributed by atoms with Crippen molar-refractivity contribution in [3.63, 3.8) is 0 Å². The van der Waals surface area contributed by atoms with E-state index in [1.165, 1.54) is 0 Å². The molecule has 0 aliphatic carbocycles. The van der Waals surface area contributed by atoms with Crippen molar-refractivity contribution in [1.29, 1.82) is 0 Å². The summed E-state index contributed by atoms with van der Waals surface area (Å²) in [5.41, 5.74) is 6.05. The Morgan fingerprint density at radius 2 is 1.91 bits per heavy atom. The predicted molar refractivity (Wildman–Crippen MR) is 101 cm³/mol. The van der Waals surface area contributed by atoms with Gasteiger partial charge in [0.25, 0.3) is 0 Å². The number of amides is 1. The number of halogens is 1. The molecular formula is C15H25IN4O2. The Labute approximate surface area is 148 Å². The van der Waals surface area contributed by atoms with E-state index < -0.39 is 5.41 Å². The fourth-order valence-electron chi connectivity index (χ4n) is 1.62. The minimum atomic E-state index is -0.595. The zero-order valence-electron chi connectivity index (χ0n) is 13.5. The molecule has 0 aliphatic rings. The first-order valence-corrected chi connectivity index (χ1v) is 6.88. The van der Waals surface area contributed by atoms with E-state index in [2.05, 4.69) is 15.6 Å². The number of anilines is 1. The average Bonchev–Trinajstić information content (AvgIpc) is 2.46. The summed E-state index contributed by atoms with van der Waals surface area (Å²) >= 11 is 0. The van der Waals surface area contributed by atoms with Crippen LogP contribution in [0.3, 0.4) is 0 Å². The van der Waals surface area contributed by atoms with E-state index in [1.807, 2.05) is 45.0 Å². The van der Waals surface area contributed by atoms with Gasteiger partial charge in [-0.05, 0) is 45.0 Å². The van der Waals surface area contributed by atoms with E-state index in [0.29, 0.717) is 13.1 Å². The zero-order chi connectivity index (χ0) is 15.9. The second-order valence-electron chi connectivity index (χ2n) is 5.30. The normalized spacial score (nSPS) is 11.4. The van der Waals surface area contributed by atoms with Crippen LogP contribution in [0.4, 0.5) is 5.69 Å². The zero-order valence-corrected chi connectivity index (χ0v) is 15.8. The third-order valence-electron chi connectivity index (χ3n) is 2.96. The molecule has 0 aliphatic heterocycles. The Hall–Kier alpha value is -1.51. The van der Waals surface area contributed by atoms with Gasteiger partial charge in [-0.1, -0.05) is 0 Å². The lowest BCUT2D eigenvalue weighted by Crippen LogP contribution is -2.39. The van der Waals surface area contributed by atoms with Crippen LogP contribution in [0.15, 0.2) is 29.3 Å². The highest BCUT2D eigenvalue weighted by Gasteiger charge is 2.26. The van der Waals surface area contributed by atoms with E-state index in [4.69, 9.17) is 10.5 Å². The van der Waals surface area contributed by atoms with Crippen molar-refractivity contribution in [2.45, 2.75) is 20.8 Å². The molecule has 124 valence electrons. The fourth-order valence-corrected chi connectivity index (χ4v) is 1.62. The first-order chi connectivity index (χ1) is 9.89. The Morgan fingerprint density at radius 1 is 1.32 bits per heavy atom. The standard InChI is InChI=1S/C15H24N4O2.HI/c1-5-17-13(20)15(2,3)10-18-14(16)19-11-6-8-12(21-4)9-7-11;/h6-9H,5,10H2,1-4H3,(H,17,20)(H3,16,18,19);1H. The topological polar surface area (TPSA) is 88.7 Å². The largest absolute Gasteiger partial charge is 0.497 e. The van der Waals surface area contributed by atoms with E-state index in [0.717, 1.165) is 11.4 Å². The van der Waals surface area contributed by atoms with Gasteiger partial charge in [-0.15, -0.1) is 24.0 Å². The molecule has 1 aromatic carbocycles. The van der Waals surface area contributed by atoms with Gasteiger partial charge in [-0.25, -0.2) is 0 Å². The summed E-state index contributed by atoms with van der Waals surface area (Å²) in [6.07, 6.45) is 0. The first kappa shape index (κ1) is 20.5. The molecule has 0 saturated carbocycles. The number of aliphatic imine (C=N–C) groups is 1. The van der Waals surface area contributed by atoms with Crippen LogP contribution in [0.1, 0.15) is 20.8 Å². The van der Waals surface area contributed by atoms with Crippen molar-refractivity contribution in [1.82, 2.24) is 5.32 Å². The van der Waals surface area contributed by atoms with Crippen LogP contribution in [0.2, 0.25) is 0 Å². The van der Waals surface area contributed by atoms with Gasteiger partial charge in [-0.2, -0.15) is 0 Å². The van der Waals surface area contributed by atoms with Crippen LogP contribution in [-0.2, 0) is 4.79 Å². The highest BCUT2D eigenvalue weighted by atomic mass is 127. The maximum Gasteiger partial charge on any atom is 0.227 e. The number of benzene rings is 1.